The van der Waals surface area contributed by atoms with Gasteiger partial charge < -0.3 is 28.5 Å². The monoisotopic (exact) mass is 486 g/mol. The molecule has 7 rings (SSSR count). The largest absolute Gasteiger partial charge is 0.472 e. The van der Waals surface area contributed by atoms with Gasteiger partial charge in [0.25, 0.3) is 0 Å². The first-order valence-electron chi connectivity index (χ1n) is 12.4. The number of hydrogen-bond acceptors (Lipinski definition) is 9. The molecule has 2 saturated carbocycles. The van der Waals surface area contributed by atoms with Gasteiger partial charge in [-0.05, 0) is 38.7 Å². The van der Waals surface area contributed by atoms with E-state index < -0.39 is 63.8 Å². The summed E-state index contributed by atoms with van der Waals surface area (Å²) in [5.74, 6) is -2.09. The van der Waals surface area contributed by atoms with Crippen molar-refractivity contribution in [1.82, 2.24) is 0 Å². The van der Waals surface area contributed by atoms with E-state index in [0.29, 0.717) is 12.8 Å². The van der Waals surface area contributed by atoms with E-state index in [-0.39, 0.29) is 30.7 Å². The van der Waals surface area contributed by atoms with Gasteiger partial charge in [-0.15, -0.1) is 0 Å². The molecule has 35 heavy (non-hydrogen) atoms. The van der Waals surface area contributed by atoms with Crippen molar-refractivity contribution in [1.29, 1.82) is 0 Å². The van der Waals surface area contributed by atoms with Crippen LogP contribution >= 0.6 is 0 Å². The number of ketones is 1. The Morgan fingerprint density at radius 2 is 1.83 bits per heavy atom. The van der Waals surface area contributed by atoms with E-state index in [9.17, 15) is 19.5 Å². The molecular formula is C26H30O9. The fraction of sp³-hybridized carbons (Fsp3) is 0.731. The molecule has 0 amide bonds. The van der Waals surface area contributed by atoms with E-state index >= 15 is 0 Å². The Kier molecular flexibility index (Phi) is 3.88. The number of Topliss-reactive ketones (excluding diaryl/α,β-unsaturated/α-hetero) is 1. The van der Waals surface area contributed by atoms with E-state index in [1.807, 2.05) is 27.7 Å². The van der Waals surface area contributed by atoms with Crippen molar-refractivity contribution in [2.45, 2.75) is 82.6 Å². The van der Waals surface area contributed by atoms with Crippen LogP contribution in [-0.2, 0) is 33.3 Å². The van der Waals surface area contributed by atoms with Crippen molar-refractivity contribution in [2.24, 2.45) is 28.1 Å². The number of esters is 2. The third-order valence-corrected chi connectivity index (χ3v) is 10.7. The first kappa shape index (κ1) is 22.0. The fourth-order valence-corrected chi connectivity index (χ4v) is 9.52. The van der Waals surface area contributed by atoms with Crippen molar-refractivity contribution >= 4 is 17.7 Å². The van der Waals surface area contributed by atoms with Crippen LogP contribution in [0.2, 0.25) is 0 Å². The Morgan fingerprint density at radius 3 is 2.54 bits per heavy atom. The number of carbonyl (C=O) groups excluding carboxylic acids is 3. The third-order valence-electron chi connectivity index (χ3n) is 10.7. The molecule has 9 heteroatoms. The summed E-state index contributed by atoms with van der Waals surface area (Å²) < 4.78 is 29.6. The van der Waals surface area contributed by atoms with Crippen LogP contribution in [0, 0.1) is 28.1 Å². The zero-order chi connectivity index (χ0) is 24.8. The van der Waals surface area contributed by atoms with Crippen LogP contribution in [-0.4, -0.2) is 58.9 Å². The molecule has 10 atom stereocenters. The van der Waals surface area contributed by atoms with Crippen LogP contribution in [0.25, 0.3) is 0 Å². The second kappa shape index (κ2) is 6.18. The molecule has 4 aliphatic heterocycles. The van der Waals surface area contributed by atoms with Gasteiger partial charge in [-0.3, -0.25) is 9.59 Å². The first-order valence-corrected chi connectivity index (χ1v) is 12.4. The Morgan fingerprint density at radius 1 is 1.06 bits per heavy atom. The minimum atomic E-state index is -1.37. The highest BCUT2D eigenvalue weighted by atomic mass is 16.7. The van der Waals surface area contributed by atoms with Gasteiger partial charge in [0.05, 0.1) is 36.6 Å². The Balaban J connectivity index is 1.43. The van der Waals surface area contributed by atoms with Gasteiger partial charge in [-0.1, -0.05) is 13.8 Å². The molecule has 0 aromatic carbocycles. The molecule has 6 aliphatic rings. The summed E-state index contributed by atoms with van der Waals surface area (Å²) in [5.41, 5.74) is -3.90. The van der Waals surface area contributed by atoms with Crippen molar-refractivity contribution < 1.29 is 42.9 Å². The highest BCUT2D eigenvalue weighted by Gasteiger charge is 2.90. The normalized spacial score (nSPS) is 53.3. The number of ether oxygens (including phenoxy) is 4. The van der Waals surface area contributed by atoms with Crippen LogP contribution in [0.1, 0.15) is 58.6 Å². The predicted molar refractivity (Wildman–Crippen MR) is 116 cm³/mol. The maximum atomic E-state index is 14.1. The lowest BCUT2D eigenvalue weighted by Gasteiger charge is -2.66. The zero-order valence-corrected chi connectivity index (χ0v) is 20.2. The molecule has 1 N–H and O–H groups in total. The number of hydrogen-bond donors (Lipinski definition) is 1. The van der Waals surface area contributed by atoms with Crippen LogP contribution in [0.4, 0.5) is 0 Å². The van der Waals surface area contributed by atoms with E-state index in [1.54, 1.807) is 12.3 Å². The molecule has 5 heterocycles. The molecule has 2 aliphatic carbocycles. The lowest BCUT2D eigenvalue weighted by atomic mass is 9.36. The predicted octanol–water partition coefficient (Wildman–Crippen LogP) is 2.11. The van der Waals surface area contributed by atoms with Gasteiger partial charge >= 0.3 is 11.9 Å². The summed E-state index contributed by atoms with van der Waals surface area (Å²) in [5, 5.41) is 11.8. The summed E-state index contributed by atoms with van der Waals surface area (Å²) in [6.45, 7) is 7.66. The molecule has 0 unspecified atom stereocenters. The molecule has 0 bridgehead atoms. The van der Waals surface area contributed by atoms with Gasteiger partial charge in [0.1, 0.15) is 24.4 Å². The number of carbonyl (C=O) groups is 3. The maximum absolute atomic E-state index is 14.1. The van der Waals surface area contributed by atoms with Gasteiger partial charge in [-0.2, -0.15) is 0 Å². The zero-order valence-electron chi connectivity index (χ0n) is 20.2. The molecule has 1 aromatic rings. The quantitative estimate of drug-likeness (QED) is 0.469. The van der Waals surface area contributed by atoms with Crippen LogP contribution in [0.3, 0.4) is 0 Å². The first-order chi connectivity index (χ1) is 16.4. The number of furan rings is 1. The van der Waals surface area contributed by atoms with Crippen LogP contribution in [0.15, 0.2) is 23.0 Å². The third kappa shape index (κ3) is 2.14. The standard InChI is InChI=1S/C26H30O9/c1-22(2)17-16(28)18(29)24(4)13(25(17)11-32-15(27)9-14(25)34-22)5-7-23(3)19(12-6-8-31-10-12)33-21(30)20-26(23,24)35-20/h6,8,10,13-14,17-20,29H,5,7,9,11H2,1-4H3/t13-,14+,17-,18+,19+,20-,23+,24+,25-,26+/m1/s1. The van der Waals surface area contributed by atoms with Gasteiger partial charge in [0.15, 0.2) is 11.9 Å². The lowest BCUT2D eigenvalue weighted by Crippen LogP contribution is -2.76. The van der Waals surface area contributed by atoms with Crippen molar-refractivity contribution in [3.63, 3.8) is 0 Å². The van der Waals surface area contributed by atoms with Crippen molar-refractivity contribution in [3.05, 3.63) is 24.2 Å². The van der Waals surface area contributed by atoms with Gasteiger partial charge in [0, 0.05) is 21.8 Å². The molecule has 188 valence electrons. The molecule has 6 fully saturated rings. The summed E-state index contributed by atoms with van der Waals surface area (Å²) in [4.78, 5) is 39.6. The second-order valence-corrected chi connectivity index (χ2v) is 12.3. The molecule has 1 aromatic heterocycles. The van der Waals surface area contributed by atoms with Crippen LogP contribution in [0.5, 0.6) is 0 Å². The highest BCUT2D eigenvalue weighted by Crippen LogP contribution is 2.80. The summed E-state index contributed by atoms with van der Waals surface area (Å²) >= 11 is 0. The Hall–Kier alpha value is -2.23. The number of aliphatic hydroxyl groups excluding tert-OH is 1. The maximum Gasteiger partial charge on any atom is 0.339 e. The summed E-state index contributed by atoms with van der Waals surface area (Å²) in [7, 11) is 0. The van der Waals surface area contributed by atoms with E-state index in [0.717, 1.165) is 5.56 Å². The molecular weight excluding hydrogens is 456 g/mol. The average molecular weight is 487 g/mol. The molecule has 0 radical (unpaired) electrons. The van der Waals surface area contributed by atoms with Crippen molar-refractivity contribution in [2.75, 3.05) is 6.61 Å². The SMILES string of the molecule is CC1(C)O[C@H]2CC(=O)OC[C@]23[C@@H]1C(=O)[C@H](O)[C@]1(C)[C@H]3CC[C@@]2(C)[C@H](c3ccoc3)OC(=O)[C@H]3O[C@]312. The minimum Gasteiger partial charge on any atom is -0.472 e. The van der Waals surface area contributed by atoms with E-state index in [4.69, 9.17) is 23.4 Å². The lowest BCUT2D eigenvalue weighted by molar-refractivity contribution is -0.252. The number of fused-ring (bicyclic) bond motifs is 1. The number of epoxide rings is 1. The van der Waals surface area contributed by atoms with E-state index in [1.165, 1.54) is 6.26 Å². The van der Waals surface area contributed by atoms with E-state index in [2.05, 4.69) is 0 Å². The Labute approximate surface area is 202 Å². The smallest absolute Gasteiger partial charge is 0.339 e. The van der Waals surface area contributed by atoms with Crippen molar-refractivity contribution in [3.8, 4) is 0 Å². The topological polar surface area (TPSA) is 125 Å². The van der Waals surface area contributed by atoms with Gasteiger partial charge in [0.2, 0.25) is 0 Å². The molecule has 2 spiro atoms. The summed E-state index contributed by atoms with van der Waals surface area (Å²) in [6, 6.07) is 1.77. The van der Waals surface area contributed by atoms with Gasteiger partial charge in [-0.25, -0.2) is 4.79 Å². The fourth-order valence-electron chi connectivity index (χ4n) is 9.52. The number of cyclic esters (lactones) is 2. The number of aliphatic hydroxyl groups is 1. The summed E-state index contributed by atoms with van der Waals surface area (Å²) in [6.07, 6.45) is 1.02. The number of rotatable bonds is 1. The average Bonchev–Trinajstić information content (AvgIpc) is 3.26. The highest BCUT2D eigenvalue weighted by molar-refractivity contribution is 5.92. The molecule has 9 nitrogen and oxygen atoms in total. The minimum absolute atomic E-state index is 0.0520. The van der Waals surface area contributed by atoms with Crippen LogP contribution < -0.4 is 0 Å². The Bertz CT molecular complexity index is 1160. The molecule has 4 saturated heterocycles. The second-order valence-electron chi connectivity index (χ2n) is 12.3.